The number of ether oxygens (including phenoxy) is 2. The smallest absolute Gasteiger partial charge is 0.422 e. The van der Waals surface area contributed by atoms with Crippen molar-refractivity contribution in [1.82, 2.24) is 10.3 Å². The van der Waals surface area contributed by atoms with E-state index in [2.05, 4.69) is 15.0 Å². The van der Waals surface area contributed by atoms with Crippen LogP contribution in [-0.2, 0) is 11.4 Å². The number of carbonyl (C=O) groups is 1. The SMILES string of the molecule is CC(NC(=O)[C@H]1C[C@@H]1c1ccc(OCc2ccccc2)cc1)c1ccc(OCC(F)(F)F)cn1. The van der Waals surface area contributed by atoms with E-state index in [1.807, 2.05) is 54.6 Å². The summed E-state index contributed by atoms with van der Waals surface area (Å²) in [6.45, 7) is 0.909. The van der Waals surface area contributed by atoms with Crippen LogP contribution in [0.3, 0.4) is 0 Å². The molecule has 0 bridgehead atoms. The van der Waals surface area contributed by atoms with Gasteiger partial charge < -0.3 is 14.8 Å². The number of benzene rings is 2. The zero-order valence-electron chi connectivity index (χ0n) is 18.6. The molecule has 1 amide bonds. The van der Waals surface area contributed by atoms with Gasteiger partial charge in [0.25, 0.3) is 0 Å². The summed E-state index contributed by atoms with van der Waals surface area (Å²) in [5, 5.41) is 2.94. The van der Waals surface area contributed by atoms with Gasteiger partial charge >= 0.3 is 6.18 Å². The van der Waals surface area contributed by atoms with Gasteiger partial charge in [-0.1, -0.05) is 42.5 Å². The first-order valence-corrected chi connectivity index (χ1v) is 11.0. The van der Waals surface area contributed by atoms with E-state index in [9.17, 15) is 18.0 Å². The molecule has 1 saturated carbocycles. The van der Waals surface area contributed by atoms with Gasteiger partial charge in [0.15, 0.2) is 6.61 Å². The van der Waals surface area contributed by atoms with Gasteiger partial charge in [0.1, 0.15) is 18.1 Å². The molecule has 4 rings (SSSR count). The summed E-state index contributed by atoms with van der Waals surface area (Å²) in [7, 11) is 0. The molecule has 3 atom stereocenters. The van der Waals surface area contributed by atoms with E-state index >= 15 is 0 Å². The van der Waals surface area contributed by atoms with Gasteiger partial charge in [0.2, 0.25) is 5.91 Å². The molecule has 1 aromatic heterocycles. The normalized spacial score (nSPS) is 18.1. The van der Waals surface area contributed by atoms with E-state index in [1.54, 1.807) is 13.0 Å². The number of amides is 1. The summed E-state index contributed by atoms with van der Waals surface area (Å²) in [5.41, 5.74) is 2.73. The first-order valence-electron chi connectivity index (χ1n) is 11.0. The van der Waals surface area contributed by atoms with Crippen LogP contribution in [-0.4, -0.2) is 23.7 Å². The molecule has 0 radical (unpaired) electrons. The minimum atomic E-state index is -4.41. The molecule has 1 aliphatic rings. The molecule has 2 aromatic carbocycles. The number of pyridine rings is 1. The number of carbonyl (C=O) groups excluding carboxylic acids is 1. The van der Waals surface area contributed by atoms with Crippen LogP contribution in [0.5, 0.6) is 11.5 Å². The molecule has 1 fully saturated rings. The van der Waals surface area contributed by atoms with Crippen molar-refractivity contribution in [3.05, 3.63) is 89.7 Å². The Morgan fingerprint density at radius 2 is 1.74 bits per heavy atom. The molecular weight excluding hydrogens is 445 g/mol. The second-order valence-electron chi connectivity index (χ2n) is 8.34. The second-order valence-corrected chi connectivity index (χ2v) is 8.34. The molecule has 34 heavy (non-hydrogen) atoms. The Balaban J connectivity index is 1.25. The molecule has 1 N–H and O–H groups in total. The third kappa shape index (κ3) is 6.50. The zero-order valence-corrected chi connectivity index (χ0v) is 18.6. The highest BCUT2D eigenvalue weighted by atomic mass is 19.4. The largest absolute Gasteiger partial charge is 0.489 e. The quantitative estimate of drug-likeness (QED) is 0.443. The van der Waals surface area contributed by atoms with Gasteiger partial charge in [-0.2, -0.15) is 13.2 Å². The van der Waals surface area contributed by atoms with Crippen molar-refractivity contribution in [3.8, 4) is 11.5 Å². The molecule has 1 heterocycles. The standard InChI is InChI=1S/C26H25F3N2O3/c1-17(24-12-11-21(14-30-24)34-16-26(27,28)29)31-25(32)23-13-22(23)19-7-9-20(10-8-19)33-15-18-5-3-2-4-6-18/h2-12,14,17,22-23H,13,15-16H2,1H3,(H,31,32)/t17?,22-,23+/m1/s1. The molecule has 8 heteroatoms. The topological polar surface area (TPSA) is 60.5 Å². The van der Waals surface area contributed by atoms with Gasteiger partial charge in [-0.05, 0) is 54.7 Å². The number of aromatic nitrogens is 1. The lowest BCUT2D eigenvalue weighted by molar-refractivity contribution is -0.153. The van der Waals surface area contributed by atoms with Crippen molar-refractivity contribution in [2.24, 2.45) is 5.92 Å². The Morgan fingerprint density at radius 1 is 1.03 bits per heavy atom. The fourth-order valence-electron chi connectivity index (χ4n) is 3.70. The van der Waals surface area contributed by atoms with Crippen LogP contribution in [0.2, 0.25) is 0 Å². The van der Waals surface area contributed by atoms with Gasteiger partial charge in [-0.3, -0.25) is 9.78 Å². The fraction of sp³-hybridized carbons (Fsp3) is 0.308. The van der Waals surface area contributed by atoms with Crippen molar-refractivity contribution < 1.29 is 27.4 Å². The number of halogens is 3. The third-order valence-electron chi connectivity index (χ3n) is 5.65. The van der Waals surface area contributed by atoms with E-state index < -0.39 is 12.8 Å². The van der Waals surface area contributed by atoms with Crippen molar-refractivity contribution in [1.29, 1.82) is 0 Å². The van der Waals surface area contributed by atoms with Crippen molar-refractivity contribution in [3.63, 3.8) is 0 Å². The lowest BCUT2D eigenvalue weighted by atomic mass is 10.1. The van der Waals surface area contributed by atoms with E-state index in [4.69, 9.17) is 4.74 Å². The predicted molar refractivity (Wildman–Crippen MR) is 120 cm³/mol. The van der Waals surface area contributed by atoms with E-state index in [0.29, 0.717) is 12.3 Å². The van der Waals surface area contributed by atoms with Crippen molar-refractivity contribution in [2.75, 3.05) is 6.61 Å². The van der Waals surface area contributed by atoms with Crippen LogP contribution in [0, 0.1) is 5.92 Å². The lowest BCUT2D eigenvalue weighted by Gasteiger charge is -2.14. The monoisotopic (exact) mass is 470 g/mol. The first-order chi connectivity index (χ1) is 16.3. The average Bonchev–Trinajstić information content (AvgIpc) is 3.63. The van der Waals surface area contributed by atoms with Crippen LogP contribution in [0.1, 0.15) is 42.1 Å². The maximum absolute atomic E-state index is 12.7. The fourth-order valence-corrected chi connectivity index (χ4v) is 3.70. The number of hydrogen-bond acceptors (Lipinski definition) is 4. The Labute approximate surface area is 195 Å². The number of nitrogens with zero attached hydrogens (tertiary/aromatic N) is 1. The highest BCUT2D eigenvalue weighted by Crippen LogP contribution is 2.48. The molecule has 178 valence electrons. The van der Waals surface area contributed by atoms with Crippen LogP contribution in [0.4, 0.5) is 13.2 Å². The minimum absolute atomic E-state index is 0.0260. The molecule has 5 nitrogen and oxygen atoms in total. The van der Waals surface area contributed by atoms with Crippen LogP contribution < -0.4 is 14.8 Å². The number of nitrogens with one attached hydrogen (secondary N) is 1. The number of alkyl halides is 3. The van der Waals surface area contributed by atoms with E-state index in [1.165, 1.54) is 12.3 Å². The average molecular weight is 470 g/mol. The molecule has 3 aromatic rings. The Morgan fingerprint density at radius 3 is 2.38 bits per heavy atom. The zero-order chi connectivity index (χ0) is 24.1. The molecule has 1 aliphatic carbocycles. The maximum atomic E-state index is 12.7. The number of hydrogen-bond donors (Lipinski definition) is 1. The van der Waals surface area contributed by atoms with Crippen LogP contribution in [0.25, 0.3) is 0 Å². The highest BCUT2D eigenvalue weighted by molar-refractivity contribution is 5.83. The summed E-state index contributed by atoms with van der Waals surface area (Å²) in [6, 6.07) is 20.3. The van der Waals surface area contributed by atoms with Gasteiger partial charge in [0, 0.05) is 5.92 Å². The van der Waals surface area contributed by atoms with Crippen molar-refractivity contribution >= 4 is 5.91 Å². The van der Waals surface area contributed by atoms with Gasteiger partial charge in [0.05, 0.1) is 17.9 Å². The van der Waals surface area contributed by atoms with E-state index in [-0.39, 0.29) is 29.5 Å². The predicted octanol–water partition coefficient (Wildman–Crippen LogP) is 5.58. The van der Waals surface area contributed by atoms with Crippen LogP contribution >= 0.6 is 0 Å². The first kappa shape index (κ1) is 23.6. The van der Waals surface area contributed by atoms with E-state index in [0.717, 1.165) is 23.3 Å². The highest BCUT2D eigenvalue weighted by Gasteiger charge is 2.44. The summed E-state index contributed by atoms with van der Waals surface area (Å²) < 4.78 is 47.2. The Bertz CT molecular complexity index is 1090. The molecule has 1 unspecified atom stereocenters. The summed E-state index contributed by atoms with van der Waals surface area (Å²) in [5.74, 6) is 0.769. The Hall–Kier alpha value is -3.55. The summed E-state index contributed by atoms with van der Waals surface area (Å²) in [4.78, 5) is 16.8. The molecule has 0 spiro atoms. The summed E-state index contributed by atoms with van der Waals surface area (Å²) >= 11 is 0. The Kier molecular flexibility index (Phi) is 7.05. The molecular formula is C26H25F3N2O3. The minimum Gasteiger partial charge on any atom is -0.489 e. The maximum Gasteiger partial charge on any atom is 0.422 e. The van der Waals surface area contributed by atoms with Crippen LogP contribution in [0.15, 0.2) is 72.9 Å². The third-order valence-corrected chi connectivity index (χ3v) is 5.65. The second kappa shape index (κ2) is 10.2. The summed E-state index contributed by atoms with van der Waals surface area (Å²) in [6.07, 6.45) is -2.41. The molecule has 0 saturated heterocycles. The van der Waals surface area contributed by atoms with Gasteiger partial charge in [-0.25, -0.2) is 0 Å². The van der Waals surface area contributed by atoms with Crippen molar-refractivity contribution in [2.45, 2.75) is 38.1 Å². The lowest BCUT2D eigenvalue weighted by Crippen LogP contribution is -2.29. The van der Waals surface area contributed by atoms with Gasteiger partial charge in [-0.15, -0.1) is 0 Å². The number of rotatable bonds is 9. The molecule has 0 aliphatic heterocycles.